The van der Waals surface area contributed by atoms with E-state index in [-0.39, 0.29) is 24.2 Å². The Balaban J connectivity index is 1.99. The minimum absolute atomic E-state index is 0.0470. The zero-order valence-corrected chi connectivity index (χ0v) is 15.3. The van der Waals surface area contributed by atoms with Gasteiger partial charge in [-0.1, -0.05) is 26.2 Å². The standard InChI is InChI=1S/C19H28N2O4/c1-4-5-6-7-10-20-19(23)14-11-18(22)21(13-14)16-12-15(24-2)8-9-17(16)25-3/h8-9,12,14H,4-7,10-11,13H2,1-3H3,(H,20,23)/t14-/m1/s1. The molecule has 1 aromatic rings. The molecule has 6 heteroatoms. The van der Waals surface area contributed by atoms with Crippen LogP contribution in [-0.4, -0.2) is 39.1 Å². The molecule has 1 aliphatic rings. The quantitative estimate of drug-likeness (QED) is 0.697. The number of methoxy groups -OCH3 is 2. The minimum atomic E-state index is -0.324. The third kappa shape index (κ3) is 4.87. The molecule has 0 unspecified atom stereocenters. The van der Waals surface area contributed by atoms with Crippen LogP contribution in [-0.2, 0) is 9.59 Å². The maximum atomic E-state index is 12.4. The van der Waals surface area contributed by atoms with Gasteiger partial charge in [-0.15, -0.1) is 0 Å². The van der Waals surface area contributed by atoms with E-state index in [0.717, 1.165) is 12.8 Å². The largest absolute Gasteiger partial charge is 0.497 e. The van der Waals surface area contributed by atoms with Crippen LogP contribution in [0.1, 0.15) is 39.0 Å². The topological polar surface area (TPSA) is 67.9 Å². The maximum Gasteiger partial charge on any atom is 0.227 e. The Bertz CT molecular complexity index is 603. The first-order valence-electron chi connectivity index (χ1n) is 8.90. The smallest absolute Gasteiger partial charge is 0.227 e. The molecule has 1 aromatic carbocycles. The molecule has 1 fully saturated rings. The van der Waals surface area contributed by atoms with Crippen molar-refractivity contribution in [1.82, 2.24) is 5.32 Å². The van der Waals surface area contributed by atoms with Crippen molar-refractivity contribution in [3.05, 3.63) is 18.2 Å². The highest BCUT2D eigenvalue weighted by molar-refractivity contribution is 6.01. The highest BCUT2D eigenvalue weighted by Gasteiger charge is 2.36. The maximum absolute atomic E-state index is 12.4. The molecule has 1 N–H and O–H groups in total. The van der Waals surface area contributed by atoms with E-state index in [4.69, 9.17) is 9.47 Å². The lowest BCUT2D eigenvalue weighted by Gasteiger charge is -2.20. The van der Waals surface area contributed by atoms with E-state index in [1.54, 1.807) is 37.3 Å². The summed E-state index contributed by atoms with van der Waals surface area (Å²) in [6.45, 7) is 3.19. The van der Waals surface area contributed by atoms with Gasteiger partial charge in [0, 0.05) is 25.6 Å². The normalized spacial score (nSPS) is 16.8. The monoisotopic (exact) mass is 348 g/mol. The Kier molecular flexibility index (Phi) is 7.10. The molecule has 1 atom stereocenters. The minimum Gasteiger partial charge on any atom is -0.497 e. The lowest BCUT2D eigenvalue weighted by molar-refractivity contribution is -0.126. The lowest BCUT2D eigenvalue weighted by atomic mass is 10.1. The first kappa shape index (κ1) is 19.1. The number of ether oxygens (including phenoxy) is 2. The van der Waals surface area contributed by atoms with Crippen LogP contribution in [0.5, 0.6) is 11.5 Å². The average molecular weight is 348 g/mol. The van der Waals surface area contributed by atoms with Crippen molar-refractivity contribution in [2.75, 3.05) is 32.2 Å². The van der Waals surface area contributed by atoms with Crippen molar-refractivity contribution in [1.29, 1.82) is 0 Å². The van der Waals surface area contributed by atoms with Crippen LogP contribution in [0.4, 0.5) is 5.69 Å². The molecular weight excluding hydrogens is 320 g/mol. The third-order valence-corrected chi connectivity index (χ3v) is 4.50. The zero-order valence-electron chi connectivity index (χ0n) is 15.3. The van der Waals surface area contributed by atoms with Gasteiger partial charge < -0.3 is 19.7 Å². The van der Waals surface area contributed by atoms with E-state index in [1.165, 1.54) is 12.8 Å². The second-order valence-electron chi connectivity index (χ2n) is 6.29. The van der Waals surface area contributed by atoms with Gasteiger partial charge in [0.15, 0.2) is 0 Å². The highest BCUT2D eigenvalue weighted by Crippen LogP contribution is 2.36. The number of rotatable bonds is 9. The molecule has 2 rings (SSSR count). The molecule has 0 aliphatic carbocycles. The number of nitrogens with one attached hydrogen (secondary N) is 1. The summed E-state index contributed by atoms with van der Waals surface area (Å²) in [6.07, 6.45) is 4.67. The predicted molar refractivity (Wildman–Crippen MR) is 97.2 cm³/mol. The summed E-state index contributed by atoms with van der Waals surface area (Å²) in [5.41, 5.74) is 0.644. The van der Waals surface area contributed by atoms with Gasteiger partial charge in [-0.3, -0.25) is 9.59 Å². The Hall–Kier alpha value is -2.24. The molecule has 0 spiro atoms. The van der Waals surface area contributed by atoms with E-state index >= 15 is 0 Å². The van der Waals surface area contributed by atoms with Gasteiger partial charge in [-0.2, -0.15) is 0 Å². The Morgan fingerprint density at radius 1 is 1.24 bits per heavy atom. The fraction of sp³-hybridized carbons (Fsp3) is 0.579. The third-order valence-electron chi connectivity index (χ3n) is 4.50. The SMILES string of the molecule is CCCCCCNC(=O)[C@@H]1CC(=O)N(c2cc(OC)ccc2OC)C1. The molecule has 25 heavy (non-hydrogen) atoms. The van der Waals surface area contributed by atoms with Crippen LogP contribution in [0.3, 0.4) is 0 Å². The molecule has 1 saturated heterocycles. The van der Waals surface area contributed by atoms with Crippen LogP contribution in [0.15, 0.2) is 18.2 Å². The molecule has 1 heterocycles. The molecule has 138 valence electrons. The number of anilines is 1. The van der Waals surface area contributed by atoms with Crippen molar-refractivity contribution in [2.45, 2.75) is 39.0 Å². The number of amides is 2. The molecule has 0 radical (unpaired) electrons. The number of benzene rings is 1. The second kappa shape index (κ2) is 9.30. The fourth-order valence-corrected chi connectivity index (χ4v) is 3.03. The first-order chi connectivity index (χ1) is 12.1. The summed E-state index contributed by atoms with van der Waals surface area (Å²) in [5.74, 6) is 0.795. The van der Waals surface area contributed by atoms with Crippen LogP contribution in [0.25, 0.3) is 0 Å². The van der Waals surface area contributed by atoms with Crippen molar-refractivity contribution in [2.24, 2.45) is 5.92 Å². The molecular formula is C19H28N2O4. The van der Waals surface area contributed by atoms with Gasteiger partial charge in [0.1, 0.15) is 11.5 Å². The molecule has 0 aromatic heterocycles. The summed E-state index contributed by atoms with van der Waals surface area (Å²) in [6, 6.07) is 5.31. The zero-order chi connectivity index (χ0) is 18.2. The first-order valence-corrected chi connectivity index (χ1v) is 8.90. The highest BCUT2D eigenvalue weighted by atomic mass is 16.5. The van der Waals surface area contributed by atoms with Gasteiger partial charge in [0.05, 0.1) is 25.8 Å². The summed E-state index contributed by atoms with van der Waals surface area (Å²) < 4.78 is 10.6. The van der Waals surface area contributed by atoms with Gasteiger partial charge >= 0.3 is 0 Å². The summed E-state index contributed by atoms with van der Waals surface area (Å²) >= 11 is 0. The van der Waals surface area contributed by atoms with Crippen molar-refractivity contribution in [3.63, 3.8) is 0 Å². The van der Waals surface area contributed by atoms with Crippen LogP contribution in [0, 0.1) is 5.92 Å². The number of unbranched alkanes of at least 4 members (excludes halogenated alkanes) is 3. The van der Waals surface area contributed by atoms with E-state index in [0.29, 0.717) is 30.3 Å². The summed E-state index contributed by atoms with van der Waals surface area (Å²) in [7, 11) is 3.14. The van der Waals surface area contributed by atoms with Gasteiger partial charge in [0.25, 0.3) is 0 Å². The molecule has 0 saturated carbocycles. The molecule has 6 nitrogen and oxygen atoms in total. The molecule has 0 bridgehead atoms. The number of hydrogen-bond donors (Lipinski definition) is 1. The number of hydrogen-bond acceptors (Lipinski definition) is 4. The van der Waals surface area contributed by atoms with E-state index in [2.05, 4.69) is 12.2 Å². The fourth-order valence-electron chi connectivity index (χ4n) is 3.03. The van der Waals surface area contributed by atoms with E-state index < -0.39 is 0 Å². The second-order valence-corrected chi connectivity index (χ2v) is 6.29. The van der Waals surface area contributed by atoms with Crippen LogP contribution < -0.4 is 19.7 Å². The lowest BCUT2D eigenvalue weighted by Crippen LogP contribution is -2.33. The Morgan fingerprint density at radius 2 is 2.04 bits per heavy atom. The van der Waals surface area contributed by atoms with Crippen molar-refractivity contribution in [3.8, 4) is 11.5 Å². The molecule has 1 aliphatic heterocycles. The van der Waals surface area contributed by atoms with Crippen molar-refractivity contribution < 1.29 is 19.1 Å². The summed E-state index contributed by atoms with van der Waals surface area (Å²) in [5, 5.41) is 2.95. The Labute approximate surface area is 149 Å². The number of carbonyl (C=O) groups excluding carboxylic acids is 2. The Morgan fingerprint density at radius 3 is 2.72 bits per heavy atom. The van der Waals surface area contributed by atoms with E-state index in [1.807, 2.05) is 0 Å². The van der Waals surface area contributed by atoms with Gasteiger partial charge in [-0.05, 0) is 18.6 Å². The number of nitrogens with zero attached hydrogens (tertiary/aromatic N) is 1. The van der Waals surface area contributed by atoms with Crippen molar-refractivity contribution >= 4 is 17.5 Å². The number of carbonyl (C=O) groups is 2. The van der Waals surface area contributed by atoms with E-state index in [9.17, 15) is 9.59 Å². The van der Waals surface area contributed by atoms with Crippen LogP contribution in [0.2, 0.25) is 0 Å². The summed E-state index contributed by atoms with van der Waals surface area (Å²) in [4.78, 5) is 26.4. The van der Waals surface area contributed by atoms with Gasteiger partial charge in [-0.25, -0.2) is 0 Å². The predicted octanol–water partition coefficient (Wildman–Crippen LogP) is 2.75. The average Bonchev–Trinajstić information content (AvgIpc) is 3.02. The molecule has 2 amide bonds. The van der Waals surface area contributed by atoms with Gasteiger partial charge in [0.2, 0.25) is 11.8 Å². The van der Waals surface area contributed by atoms with Crippen LogP contribution >= 0.6 is 0 Å².